The normalized spacial score (nSPS) is 10.8. The molecule has 0 aliphatic heterocycles. The predicted octanol–water partition coefficient (Wildman–Crippen LogP) is 5.05. The van der Waals surface area contributed by atoms with E-state index in [4.69, 9.17) is 23.2 Å². The first-order valence-corrected chi connectivity index (χ1v) is 9.48. The lowest BCUT2D eigenvalue weighted by Gasteiger charge is -2.06. The van der Waals surface area contributed by atoms with Gasteiger partial charge in [0.2, 0.25) is 0 Å². The number of halogens is 2. The Labute approximate surface area is 176 Å². The maximum Gasteiger partial charge on any atom is 0.280 e. The van der Waals surface area contributed by atoms with E-state index in [2.05, 4.69) is 21.9 Å². The van der Waals surface area contributed by atoms with Crippen LogP contribution in [0, 0.1) is 18.8 Å². The number of rotatable bonds is 2. The van der Waals surface area contributed by atoms with Gasteiger partial charge in [0.05, 0.1) is 15.6 Å². The van der Waals surface area contributed by atoms with Gasteiger partial charge in [0.1, 0.15) is 5.75 Å². The molecule has 2 aromatic heterocycles. The van der Waals surface area contributed by atoms with Crippen LogP contribution in [0.2, 0.25) is 10.0 Å². The minimum atomic E-state index is -0.325. The number of nitrogens with zero attached hydrogens (tertiary/aromatic N) is 2. The summed E-state index contributed by atoms with van der Waals surface area (Å²) in [5, 5.41) is 14.3. The molecule has 4 aromatic rings. The molecule has 2 aromatic carbocycles. The smallest absolute Gasteiger partial charge is 0.280 e. The molecule has 2 N–H and O–H groups in total. The second-order valence-corrected chi connectivity index (χ2v) is 7.30. The summed E-state index contributed by atoms with van der Waals surface area (Å²) in [6.45, 7) is 3.57. The van der Waals surface area contributed by atoms with Crippen molar-refractivity contribution in [2.24, 2.45) is 0 Å². The fourth-order valence-corrected chi connectivity index (χ4v) is 3.59. The van der Waals surface area contributed by atoms with Gasteiger partial charge < -0.3 is 5.11 Å². The third-order valence-corrected chi connectivity index (χ3v) is 5.34. The molecule has 0 aliphatic carbocycles. The van der Waals surface area contributed by atoms with Crippen molar-refractivity contribution in [3.8, 4) is 39.8 Å². The van der Waals surface area contributed by atoms with Crippen LogP contribution in [-0.4, -0.2) is 19.7 Å². The van der Waals surface area contributed by atoms with Gasteiger partial charge in [-0.25, -0.2) is 9.50 Å². The summed E-state index contributed by atoms with van der Waals surface area (Å²) in [6.07, 6.45) is 1.46. The van der Waals surface area contributed by atoms with E-state index in [-0.39, 0.29) is 16.9 Å². The Bertz CT molecular complexity index is 1390. The second-order valence-electron chi connectivity index (χ2n) is 6.48. The van der Waals surface area contributed by atoms with Crippen LogP contribution in [0.1, 0.15) is 18.2 Å². The highest BCUT2D eigenvalue weighted by atomic mass is 35.5. The van der Waals surface area contributed by atoms with Crippen molar-refractivity contribution >= 4 is 28.8 Å². The summed E-state index contributed by atoms with van der Waals surface area (Å²) in [4.78, 5) is 17.6. The molecule has 0 saturated carbocycles. The van der Waals surface area contributed by atoms with Crippen LogP contribution in [0.5, 0.6) is 5.75 Å². The SMILES string of the molecule is CC#Cc1ccc(-c2cnc3c(-c4ccc(Cl)c(Cl)c4)c(C)[nH]n3c2=O)c(O)c1. The van der Waals surface area contributed by atoms with Crippen LogP contribution in [-0.2, 0) is 0 Å². The molecule has 2 heterocycles. The van der Waals surface area contributed by atoms with E-state index in [1.54, 1.807) is 31.2 Å². The van der Waals surface area contributed by atoms with Crippen molar-refractivity contribution < 1.29 is 5.11 Å². The molecule has 0 atom stereocenters. The zero-order chi connectivity index (χ0) is 20.7. The van der Waals surface area contributed by atoms with Crippen molar-refractivity contribution in [3.05, 3.63) is 74.3 Å². The van der Waals surface area contributed by atoms with Crippen LogP contribution < -0.4 is 5.56 Å². The fraction of sp³-hybridized carbons (Fsp3) is 0.0909. The number of nitrogens with one attached hydrogen (secondary N) is 1. The molecule has 5 nitrogen and oxygen atoms in total. The minimum Gasteiger partial charge on any atom is -0.507 e. The third kappa shape index (κ3) is 3.27. The fourth-order valence-electron chi connectivity index (χ4n) is 3.29. The molecule has 7 heteroatoms. The highest BCUT2D eigenvalue weighted by Crippen LogP contribution is 2.33. The lowest BCUT2D eigenvalue weighted by atomic mass is 10.0. The molecular formula is C22H15Cl2N3O2. The molecule has 144 valence electrons. The van der Waals surface area contributed by atoms with Crippen molar-refractivity contribution in [2.75, 3.05) is 0 Å². The number of H-pyrrole nitrogens is 1. The molecule has 4 rings (SSSR count). The molecule has 29 heavy (non-hydrogen) atoms. The first-order chi connectivity index (χ1) is 13.9. The van der Waals surface area contributed by atoms with E-state index in [9.17, 15) is 9.90 Å². The number of aromatic nitrogens is 3. The number of phenols is 1. The summed E-state index contributed by atoms with van der Waals surface area (Å²) in [5.74, 6) is 5.62. The van der Waals surface area contributed by atoms with Crippen LogP contribution in [0.25, 0.3) is 27.9 Å². The minimum absolute atomic E-state index is 0.0305. The van der Waals surface area contributed by atoms with Crippen LogP contribution in [0.4, 0.5) is 0 Å². The van der Waals surface area contributed by atoms with E-state index >= 15 is 0 Å². The van der Waals surface area contributed by atoms with Crippen LogP contribution in [0.3, 0.4) is 0 Å². The van der Waals surface area contributed by atoms with E-state index < -0.39 is 0 Å². The Kier molecular flexibility index (Phi) is 4.83. The number of hydrogen-bond donors (Lipinski definition) is 2. The van der Waals surface area contributed by atoms with Crippen molar-refractivity contribution in [1.29, 1.82) is 0 Å². The Morgan fingerprint density at radius 3 is 2.59 bits per heavy atom. The zero-order valence-electron chi connectivity index (χ0n) is 15.5. The molecule has 0 aliphatic rings. The van der Waals surface area contributed by atoms with Crippen LogP contribution in [0.15, 0.2) is 47.4 Å². The van der Waals surface area contributed by atoms with E-state index in [1.165, 1.54) is 16.8 Å². The third-order valence-electron chi connectivity index (χ3n) is 4.60. The summed E-state index contributed by atoms with van der Waals surface area (Å²) in [7, 11) is 0. The number of fused-ring (bicyclic) bond motifs is 1. The maximum absolute atomic E-state index is 13.1. The average molecular weight is 424 g/mol. The van der Waals surface area contributed by atoms with Gasteiger partial charge >= 0.3 is 0 Å². The van der Waals surface area contributed by atoms with Gasteiger partial charge in [0, 0.05) is 28.6 Å². The summed E-state index contributed by atoms with van der Waals surface area (Å²) in [5.41, 5.74) is 3.77. The number of aryl methyl sites for hydroxylation is 1. The summed E-state index contributed by atoms with van der Waals surface area (Å²) >= 11 is 12.2. The van der Waals surface area contributed by atoms with E-state index in [1.807, 2.05) is 13.0 Å². The number of benzene rings is 2. The topological polar surface area (TPSA) is 70.4 Å². The van der Waals surface area contributed by atoms with Crippen LogP contribution >= 0.6 is 23.2 Å². The lowest BCUT2D eigenvalue weighted by Crippen LogP contribution is -2.17. The highest BCUT2D eigenvalue weighted by Gasteiger charge is 2.18. The van der Waals surface area contributed by atoms with E-state index in [0.29, 0.717) is 26.8 Å². The molecule has 0 bridgehead atoms. The number of hydrogen-bond acceptors (Lipinski definition) is 3. The first-order valence-electron chi connectivity index (χ1n) is 8.72. The monoisotopic (exact) mass is 423 g/mol. The largest absolute Gasteiger partial charge is 0.507 e. The standard InChI is InChI=1S/C22H15Cl2N3O2/c1-3-4-13-5-7-15(19(28)9-13)16-11-25-21-20(12(2)26-27(21)22(16)29)14-6-8-17(23)18(24)10-14/h5-11,26,28H,1-2H3. The Balaban J connectivity index is 1.91. The Morgan fingerprint density at radius 1 is 1.10 bits per heavy atom. The molecule has 0 radical (unpaired) electrons. The van der Waals surface area contributed by atoms with Gasteiger partial charge in [0.15, 0.2) is 5.65 Å². The number of aromatic hydroxyl groups is 1. The maximum atomic E-state index is 13.1. The first kappa shape index (κ1) is 19.1. The molecule has 0 unspecified atom stereocenters. The molecule has 0 fully saturated rings. The highest BCUT2D eigenvalue weighted by molar-refractivity contribution is 6.42. The molecule has 0 saturated heterocycles. The Hall–Kier alpha value is -3.20. The summed E-state index contributed by atoms with van der Waals surface area (Å²) < 4.78 is 1.36. The van der Waals surface area contributed by atoms with Gasteiger partial charge in [0.25, 0.3) is 5.56 Å². The van der Waals surface area contributed by atoms with Gasteiger partial charge in [-0.1, -0.05) is 35.2 Å². The second kappa shape index (κ2) is 7.32. The van der Waals surface area contributed by atoms with Crippen molar-refractivity contribution in [1.82, 2.24) is 14.6 Å². The van der Waals surface area contributed by atoms with Crippen molar-refractivity contribution in [2.45, 2.75) is 13.8 Å². The number of aromatic amines is 1. The van der Waals surface area contributed by atoms with Crippen molar-refractivity contribution in [3.63, 3.8) is 0 Å². The quantitative estimate of drug-likeness (QED) is 0.443. The van der Waals surface area contributed by atoms with E-state index in [0.717, 1.165) is 16.8 Å². The molecule has 0 spiro atoms. The number of phenolic OH excluding ortho intramolecular Hbond substituents is 1. The molecular weight excluding hydrogens is 409 g/mol. The predicted molar refractivity (Wildman–Crippen MR) is 116 cm³/mol. The van der Waals surface area contributed by atoms with Gasteiger partial charge in [-0.15, -0.1) is 5.92 Å². The lowest BCUT2D eigenvalue weighted by molar-refractivity contribution is 0.477. The van der Waals surface area contributed by atoms with Gasteiger partial charge in [-0.3, -0.25) is 9.89 Å². The zero-order valence-corrected chi connectivity index (χ0v) is 17.1. The van der Waals surface area contributed by atoms with Gasteiger partial charge in [-0.2, -0.15) is 0 Å². The summed E-state index contributed by atoms with van der Waals surface area (Å²) in [6, 6.07) is 10.2. The average Bonchev–Trinajstić information content (AvgIpc) is 3.02. The van der Waals surface area contributed by atoms with Gasteiger partial charge in [-0.05, 0) is 49.7 Å². The molecule has 0 amide bonds. The Morgan fingerprint density at radius 2 is 1.90 bits per heavy atom.